The van der Waals surface area contributed by atoms with Crippen LogP contribution in [0.3, 0.4) is 0 Å². The Labute approximate surface area is 124 Å². The monoisotopic (exact) mass is 312 g/mol. The predicted molar refractivity (Wildman–Crippen MR) is 79.5 cm³/mol. The van der Waals surface area contributed by atoms with Gasteiger partial charge in [0.1, 0.15) is 4.90 Å². The van der Waals surface area contributed by atoms with Gasteiger partial charge in [-0.3, -0.25) is 0 Å². The van der Waals surface area contributed by atoms with E-state index in [2.05, 4.69) is 11.6 Å². The fraction of sp³-hybridized carbons (Fsp3) is 0.500. The van der Waals surface area contributed by atoms with Crippen LogP contribution in [0.4, 0.5) is 5.69 Å². The second-order valence-electron chi connectivity index (χ2n) is 5.69. The molecule has 0 aliphatic heterocycles. The Morgan fingerprint density at radius 2 is 2.14 bits per heavy atom. The molecule has 7 heteroatoms. The zero-order chi connectivity index (χ0) is 15.6. The van der Waals surface area contributed by atoms with E-state index in [1.165, 1.54) is 12.1 Å². The number of hydrogen-bond donors (Lipinski definition) is 3. The molecule has 1 fully saturated rings. The van der Waals surface area contributed by atoms with Gasteiger partial charge in [0.2, 0.25) is 10.0 Å². The maximum absolute atomic E-state index is 12.2. The van der Waals surface area contributed by atoms with E-state index >= 15 is 0 Å². The van der Waals surface area contributed by atoms with Gasteiger partial charge < -0.3 is 10.8 Å². The van der Waals surface area contributed by atoms with Crippen LogP contribution in [0, 0.1) is 11.8 Å². The highest BCUT2D eigenvalue weighted by atomic mass is 32.2. The van der Waals surface area contributed by atoms with Crippen molar-refractivity contribution >= 4 is 21.7 Å². The summed E-state index contributed by atoms with van der Waals surface area (Å²) in [4.78, 5) is 10.8. The number of carboxylic acids is 1. The van der Waals surface area contributed by atoms with Crippen molar-refractivity contribution in [3.63, 3.8) is 0 Å². The van der Waals surface area contributed by atoms with E-state index in [1.807, 2.05) is 0 Å². The molecular weight excluding hydrogens is 292 g/mol. The van der Waals surface area contributed by atoms with Crippen LogP contribution in [-0.2, 0) is 10.0 Å². The number of carboxylic acid groups (broad SMARTS) is 1. The highest BCUT2D eigenvalue weighted by Gasteiger charge is 2.24. The lowest BCUT2D eigenvalue weighted by atomic mass is 10.1. The molecule has 1 aliphatic rings. The summed E-state index contributed by atoms with van der Waals surface area (Å²) < 4.78 is 27.0. The minimum absolute atomic E-state index is 0.0314. The van der Waals surface area contributed by atoms with Crippen molar-refractivity contribution in [2.24, 2.45) is 11.8 Å². The molecule has 6 nitrogen and oxygen atoms in total. The van der Waals surface area contributed by atoms with Gasteiger partial charge in [-0.05, 0) is 42.9 Å². The van der Waals surface area contributed by atoms with Crippen LogP contribution in [0.15, 0.2) is 23.1 Å². The number of anilines is 1. The normalized spacial score (nSPS) is 22.3. The summed E-state index contributed by atoms with van der Waals surface area (Å²) >= 11 is 0. The summed E-state index contributed by atoms with van der Waals surface area (Å²) in [6.45, 7) is 2.56. The third-order valence-electron chi connectivity index (χ3n) is 3.91. The molecule has 0 saturated heterocycles. The lowest BCUT2D eigenvalue weighted by molar-refractivity contribution is 0.0697. The Hall–Kier alpha value is -1.60. The zero-order valence-corrected chi connectivity index (χ0v) is 12.7. The van der Waals surface area contributed by atoms with E-state index in [0.717, 1.165) is 25.3 Å². The zero-order valence-electron chi connectivity index (χ0n) is 11.9. The second kappa shape index (κ2) is 6.03. The molecule has 1 aromatic rings. The third kappa shape index (κ3) is 3.74. The molecule has 1 aliphatic carbocycles. The molecule has 0 bridgehead atoms. The minimum Gasteiger partial charge on any atom is -0.478 e. The highest BCUT2D eigenvalue weighted by molar-refractivity contribution is 7.89. The molecule has 0 aromatic heterocycles. The Bertz CT molecular complexity index is 642. The molecule has 2 atom stereocenters. The number of rotatable bonds is 5. The lowest BCUT2D eigenvalue weighted by Crippen LogP contribution is -2.29. The van der Waals surface area contributed by atoms with Crippen LogP contribution in [-0.4, -0.2) is 26.0 Å². The summed E-state index contributed by atoms with van der Waals surface area (Å²) in [6, 6.07) is 3.64. The Morgan fingerprint density at radius 3 is 2.67 bits per heavy atom. The van der Waals surface area contributed by atoms with Gasteiger partial charge in [-0.1, -0.05) is 13.3 Å². The van der Waals surface area contributed by atoms with Crippen molar-refractivity contribution in [2.75, 3.05) is 12.3 Å². The van der Waals surface area contributed by atoms with Crippen molar-refractivity contribution in [1.29, 1.82) is 0 Å². The van der Waals surface area contributed by atoms with Crippen LogP contribution < -0.4 is 10.5 Å². The fourth-order valence-corrected chi connectivity index (χ4v) is 3.97. The van der Waals surface area contributed by atoms with Gasteiger partial charge in [0, 0.05) is 6.54 Å². The summed E-state index contributed by atoms with van der Waals surface area (Å²) in [7, 11) is -3.71. The number of nitrogens with one attached hydrogen (secondary N) is 1. The molecule has 2 rings (SSSR count). The average Bonchev–Trinajstić information content (AvgIpc) is 2.82. The van der Waals surface area contributed by atoms with Crippen LogP contribution in [0.25, 0.3) is 0 Å². The summed E-state index contributed by atoms with van der Waals surface area (Å²) in [6.07, 6.45) is 3.18. The van der Waals surface area contributed by atoms with Gasteiger partial charge in [-0.25, -0.2) is 17.9 Å². The molecule has 0 heterocycles. The summed E-state index contributed by atoms with van der Waals surface area (Å²) in [5.41, 5.74) is 5.58. The molecular formula is C14H20N2O4S. The van der Waals surface area contributed by atoms with Crippen LogP contribution in [0.1, 0.15) is 36.5 Å². The quantitative estimate of drug-likeness (QED) is 0.717. The third-order valence-corrected chi connectivity index (χ3v) is 5.41. The molecule has 1 aromatic carbocycles. The standard InChI is InChI=1S/C14H20N2O4S/c1-9-2-3-10(6-9)8-16-21(19,20)13-5-4-11(14(17)18)7-12(13)15/h4-5,7,9-10,16H,2-3,6,8,15H2,1H3,(H,17,18). The van der Waals surface area contributed by atoms with Crippen LogP contribution >= 0.6 is 0 Å². The molecule has 4 N–H and O–H groups in total. The summed E-state index contributed by atoms with van der Waals surface area (Å²) in [5.74, 6) is -0.146. The van der Waals surface area contributed by atoms with Crippen molar-refractivity contribution in [3.05, 3.63) is 23.8 Å². The van der Waals surface area contributed by atoms with Crippen molar-refractivity contribution in [1.82, 2.24) is 4.72 Å². The first-order valence-electron chi connectivity index (χ1n) is 6.92. The van der Waals surface area contributed by atoms with Crippen LogP contribution in [0.5, 0.6) is 0 Å². The molecule has 2 unspecified atom stereocenters. The highest BCUT2D eigenvalue weighted by Crippen LogP contribution is 2.30. The fourth-order valence-electron chi connectivity index (χ4n) is 2.74. The number of benzene rings is 1. The van der Waals surface area contributed by atoms with Gasteiger partial charge >= 0.3 is 5.97 Å². The molecule has 21 heavy (non-hydrogen) atoms. The molecule has 0 radical (unpaired) electrons. The first-order valence-corrected chi connectivity index (χ1v) is 8.40. The first-order chi connectivity index (χ1) is 9.79. The van der Waals surface area contributed by atoms with Gasteiger partial charge in [0.25, 0.3) is 0 Å². The Kier molecular flexibility index (Phi) is 4.53. The number of nitrogens with two attached hydrogens (primary N) is 1. The van der Waals surface area contributed by atoms with Gasteiger partial charge in [0.05, 0.1) is 11.3 Å². The molecule has 0 spiro atoms. The number of sulfonamides is 1. The lowest BCUT2D eigenvalue weighted by Gasteiger charge is -2.13. The smallest absolute Gasteiger partial charge is 0.335 e. The van der Waals surface area contributed by atoms with E-state index in [0.29, 0.717) is 18.4 Å². The SMILES string of the molecule is CC1CCC(CNS(=O)(=O)c2ccc(C(=O)O)cc2N)C1. The maximum atomic E-state index is 12.2. The number of aromatic carboxylic acids is 1. The first kappa shape index (κ1) is 15.8. The summed E-state index contributed by atoms with van der Waals surface area (Å²) in [5, 5.41) is 8.85. The Balaban J connectivity index is 2.10. The Morgan fingerprint density at radius 1 is 1.43 bits per heavy atom. The topological polar surface area (TPSA) is 109 Å². The number of carbonyl (C=O) groups is 1. The van der Waals surface area contributed by atoms with E-state index in [9.17, 15) is 13.2 Å². The number of hydrogen-bond acceptors (Lipinski definition) is 4. The average molecular weight is 312 g/mol. The maximum Gasteiger partial charge on any atom is 0.335 e. The van der Waals surface area contributed by atoms with Gasteiger partial charge in [-0.15, -0.1) is 0 Å². The van der Waals surface area contributed by atoms with Gasteiger partial charge in [-0.2, -0.15) is 0 Å². The van der Waals surface area contributed by atoms with Gasteiger partial charge in [0.15, 0.2) is 0 Å². The van der Waals surface area contributed by atoms with Crippen LogP contribution in [0.2, 0.25) is 0 Å². The van der Waals surface area contributed by atoms with E-state index in [1.54, 1.807) is 0 Å². The molecule has 116 valence electrons. The van der Waals surface area contributed by atoms with Crippen molar-refractivity contribution in [2.45, 2.75) is 31.1 Å². The van der Waals surface area contributed by atoms with E-state index in [-0.39, 0.29) is 16.1 Å². The van der Waals surface area contributed by atoms with Crippen molar-refractivity contribution in [3.8, 4) is 0 Å². The largest absolute Gasteiger partial charge is 0.478 e. The molecule has 0 amide bonds. The van der Waals surface area contributed by atoms with E-state index < -0.39 is 16.0 Å². The second-order valence-corrected chi connectivity index (χ2v) is 7.43. The molecule has 1 saturated carbocycles. The minimum atomic E-state index is -3.71. The van der Waals surface area contributed by atoms with E-state index in [4.69, 9.17) is 10.8 Å². The number of nitrogen functional groups attached to an aromatic ring is 1. The van der Waals surface area contributed by atoms with Crippen molar-refractivity contribution < 1.29 is 18.3 Å². The predicted octanol–water partition coefficient (Wildman–Crippen LogP) is 1.68.